The van der Waals surface area contributed by atoms with Gasteiger partial charge in [0.05, 0.1) is 5.97 Å². The SMILES string of the molecule is Nn1c(SCc2ccc(C(=O)[O-])cc2)nnc1-c1ccccn1. The van der Waals surface area contributed by atoms with Crippen LogP contribution in [0.15, 0.2) is 53.8 Å². The molecular formula is C15H12N5O2S-. The maximum Gasteiger partial charge on any atom is 0.210 e. The van der Waals surface area contributed by atoms with E-state index in [1.54, 1.807) is 24.4 Å². The monoisotopic (exact) mass is 326 g/mol. The molecule has 7 nitrogen and oxygen atoms in total. The standard InChI is InChI=1S/C15H13N5O2S/c16-20-13(12-3-1-2-8-17-12)18-19-15(20)23-9-10-4-6-11(7-5-10)14(21)22/h1-8H,9,16H2,(H,21,22)/p-1. The van der Waals surface area contributed by atoms with Crippen molar-refractivity contribution in [3.05, 3.63) is 59.8 Å². The van der Waals surface area contributed by atoms with E-state index >= 15 is 0 Å². The Morgan fingerprint density at radius 3 is 2.61 bits per heavy atom. The van der Waals surface area contributed by atoms with Crippen molar-refractivity contribution in [2.45, 2.75) is 10.9 Å². The number of nitrogens with two attached hydrogens (primary N) is 1. The van der Waals surface area contributed by atoms with Gasteiger partial charge < -0.3 is 15.7 Å². The molecule has 8 heteroatoms. The van der Waals surface area contributed by atoms with E-state index in [0.29, 0.717) is 22.4 Å². The van der Waals surface area contributed by atoms with Crippen molar-refractivity contribution in [3.63, 3.8) is 0 Å². The molecule has 0 atom stereocenters. The van der Waals surface area contributed by atoms with Crippen LogP contribution in [-0.4, -0.2) is 25.8 Å². The van der Waals surface area contributed by atoms with Gasteiger partial charge in [-0.15, -0.1) is 10.2 Å². The van der Waals surface area contributed by atoms with Crippen molar-refractivity contribution in [2.75, 3.05) is 5.84 Å². The number of carbonyl (C=O) groups excluding carboxylic acids is 1. The lowest BCUT2D eigenvalue weighted by molar-refractivity contribution is -0.255. The van der Waals surface area contributed by atoms with Crippen LogP contribution in [0.4, 0.5) is 0 Å². The maximum atomic E-state index is 10.7. The molecule has 0 saturated carbocycles. The van der Waals surface area contributed by atoms with Crippen LogP contribution in [0, 0.1) is 0 Å². The molecule has 0 aliphatic carbocycles. The highest BCUT2D eigenvalue weighted by Crippen LogP contribution is 2.23. The summed E-state index contributed by atoms with van der Waals surface area (Å²) in [5.41, 5.74) is 1.74. The van der Waals surface area contributed by atoms with E-state index < -0.39 is 5.97 Å². The number of hydrogen-bond acceptors (Lipinski definition) is 7. The minimum absolute atomic E-state index is 0.151. The van der Waals surface area contributed by atoms with Gasteiger partial charge in [0.1, 0.15) is 5.69 Å². The topological polar surface area (TPSA) is 110 Å². The fourth-order valence-corrected chi connectivity index (χ4v) is 2.74. The second-order valence-electron chi connectivity index (χ2n) is 4.66. The number of aromatic nitrogens is 4. The van der Waals surface area contributed by atoms with Crippen LogP contribution >= 0.6 is 11.8 Å². The lowest BCUT2D eigenvalue weighted by atomic mass is 10.1. The van der Waals surface area contributed by atoms with Crippen molar-refractivity contribution in [1.29, 1.82) is 0 Å². The Hall–Kier alpha value is -2.87. The summed E-state index contributed by atoms with van der Waals surface area (Å²) in [6.45, 7) is 0. The number of carboxylic acid groups (broad SMARTS) is 1. The molecule has 0 aliphatic heterocycles. The molecule has 2 aromatic heterocycles. The smallest absolute Gasteiger partial charge is 0.210 e. The Morgan fingerprint density at radius 1 is 1.17 bits per heavy atom. The van der Waals surface area contributed by atoms with Gasteiger partial charge in [-0.25, -0.2) is 4.68 Å². The molecule has 2 N–H and O–H groups in total. The quantitative estimate of drug-likeness (QED) is 0.543. The molecule has 3 rings (SSSR count). The zero-order valence-electron chi connectivity index (χ0n) is 11.9. The van der Waals surface area contributed by atoms with Gasteiger partial charge in [0.2, 0.25) is 11.0 Å². The van der Waals surface area contributed by atoms with E-state index in [2.05, 4.69) is 15.2 Å². The molecular weight excluding hydrogens is 314 g/mol. The van der Waals surface area contributed by atoms with E-state index in [1.165, 1.54) is 28.6 Å². The molecule has 1 aromatic carbocycles. The highest BCUT2D eigenvalue weighted by molar-refractivity contribution is 7.98. The van der Waals surface area contributed by atoms with Gasteiger partial charge in [0, 0.05) is 11.9 Å². The zero-order valence-corrected chi connectivity index (χ0v) is 12.7. The highest BCUT2D eigenvalue weighted by Gasteiger charge is 2.12. The Labute approximate surface area is 136 Å². The van der Waals surface area contributed by atoms with Gasteiger partial charge in [0.25, 0.3) is 0 Å². The number of hydrogen-bond donors (Lipinski definition) is 1. The Morgan fingerprint density at radius 2 is 1.96 bits per heavy atom. The lowest BCUT2D eigenvalue weighted by Crippen LogP contribution is -2.21. The summed E-state index contributed by atoms with van der Waals surface area (Å²) < 4.78 is 1.39. The number of rotatable bonds is 5. The normalized spacial score (nSPS) is 10.6. The average Bonchev–Trinajstić information content (AvgIpc) is 2.95. The number of thioether (sulfide) groups is 1. The van der Waals surface area contributed by atoms with Crippen LogP contribution in [0.2, 0.25) is 0 Å². The minimum Gasteiger partial charge on any atom is -0.545 e. The van der Waals surface area contributed by atoms with Crippen LogP contribution < -0.4 is 10.9 Å². The fourth-order valence-electron chi connectivity index (χ4n) is 1.93. The van der Waals surface area contributed by atoms with Crippen molar-refractivity contribution in [1.82, 2.24) is 19.9 Å². The first-order valence-electron chi connectivity index (χ1n) is 6.70. The van der Waals surface area contributed by atoms with Crippen LogP contribution in [0.3, 0.4) is 0 Å². The summed E-state index contributed by atoms with van der Waals surface area (Å²) in [6.07, 6.45) is 1.66. The number of aromatic carboxylic acids is 1. The minimum atomic E-state index is -1.19. The highest BCUT2D eigenvalue weighted by atomic mass is 32.2. The Balaban J connectivity index is 1.72. The first kappa shape index (κ1) is 15.0. The van der Waals surface area contributed by atoms with Crippen LogP contribution in [0.5, 0.6) is 0 Å². The number of carbonyl (C=O) groups is 1. The lowest BCUT2D eigenvalue weighted by Gasteiger charge is -2.05. The summed E-state index contributed by atoms with van der Waals surface area (Å²) in [4.78, 5) is 14.9. The van der Waals surface area contributed by atoms with Crippen molar-refractivity contribution < 1.29 is 9.90 Å². The second-order valence-corrected chi connectivity index (χ2v) is 5.61. The first-order chi connectivity index (χ1) is 11.1. The molecule has 2 heterocycles. The van der Waals surface area contributed by atoms with E-state index in [0.717, 1.165) is 5.56 Å². The van der Waals surface area contributed by atoms with Crippen LogP contribution in [0.1, 0.15) is 15.9 Å². The average molecular weight is 326 g/mol. The molecule has 116 valence electrons. The summed E-state index contributed by atoms with van der Waals surface area (Å²) >= 11 is 1.40. The second kappa shape index (κ2) is 6.49. The molecule has 0 aliphatic rings. The number of nitrogens with zero attached hydrogens (tertiary/aromatic N) is 4. The Bertz CT molecular complexity index is 818. The van der Waals surface area contributed by atoms with Gasteiger partial charge in [-0.3, -0.25) is 4.98 Å². The zero-order chi connectivity index (χ0) is 16.2. The van der Waals surface area contributed by atoms with Crippen molar-refractivity contribution in [3.8, 4) is 11.5 Å². The number of nitrogen functional groups attached to an aromatic ring is 1. The molecule has 0 bridgehead atoms. The molecule has 3 aromatic rings. The molecule has 0 fully saturated rings. The molecule has 0 radical (unpaired) electrons. The van der Waals surface area contributed by atoms with Gasteiger partial charge in [0.15, 0.2) is 0 Å². The maximum absolute atomic E-state index is 10.7. The Kier molecular flexibility index (Phi) is 4.24. The van der Waals surface area contributed by atoms with E-state index in [-0.39, 0.29) is 5.56 Å². The summed E-state index contributed by atoms with van der Waals surface area (Å²) in [5, 5.41) is 19.4. The molecule has 0 saturated heterocycles. The van der Waals surface area contributed by atoms with Gasteiger partial charge >= 0.3 is 0 Å². The van der Waals surface area contributed by atoms with Crippen LogP contribution in [0.25, 0.3) is 11.5 Å². The third kappa shape index (κ3) is 3.32. The third-order valence-corrected chi connectivity index (χ3v) is 4.13. The van der Waals surface area contributed by atoms with Crippen LogP contribution in [-0.2, 0) is 5.75 Å². The van der Waals surface area contributed by atoms with E-state index in [9.17, 15) is 9.90 Å². The van der Waals surface area contributed by atoms with Gasteiger partial charge in [-0.2, -0.15) is 0 Å². The van der Waals surface area contributed by atoms with E-state index in [1.807, 2.05) is 12.1 Å². The number of carboxylic acids is 1. The molecule has 0 amide bonds. The summed E-state index contributed by atoms with van der Waals surface area (Å²) in [7, 11) is 0. The number of benzene rings is 1. The van der Waals surface area contributed by atoms with E-state index in [4.69, 9.17) is 5.84 Å². The first-order valence-corrected chi connectivity index (χ1v) is 7.68. The third-order valence-electron chi connectivity index (χ3n) is 3.12. The summed E-state index contributed by atoms with van der Waals surface area (Å²) in [6, 6.07) is 12.0. The summed E-state index contributed by atoms with van der Waals surface area (Å²) in [5.74, 6) is 5.89. The molecule has 0 spiro atoms. The molecule has 23 heavy (non-hydrogen) atoms. The predicted octanol–water partition coefficient (Wildman–Crippen LogP) is 0.710. The van der Waals surface area contributed by atoms with Gasteiger partial charge in [-0.1, -0.05) is 42.1 Å². The molecule has 0 unspecified atom stereocenters. The van der Waals surface area contributed by atoms with Crippen molar-refractivity contribution >= 4 is 17.7 Å². The van der Waals surface area contributed by atoms with Gasteiger partial charge in [-0.05, 0) is 23.3 Å². The fraction of sp³-hybridized carbons (Fsp3) is 0.0667. The largest absolute Gasteiger partial charge is 0.545 e. The predicted molar refractivity (Wildman–Crippen MR) is 83.7 cm³/mol. The van der Waals surface area contributed by atoms with Crippen molar-refractivity contribution in [2.24, 2.45) is 0 Å². The number of pyridine rings is 1.